The second kappa shape index (κ2) is 7.58. The highest BCUT2D eigenvalue weighted by Crippen LogP contribution is 2.31. The number of amides is 1. The van der Waals surface area contributed by atoms with E-state index >= 15 is 0 Å². The van der Waals surface area contributed by atoms with Gasteiger partial charge in [-0.3, -0.25) is 4.79 Å². The Labute approximate surface area is 154 Å². The van der Waals surface area contributed by atoms with Gasteiger partial charge in [-0.15, -0.1) is 0 Å². The lowest BCUT2D eigenvalue weighted by atomic mass is 10.1. The van der Waals surface area contributed by atoms with Crippen molar-refractivity contribution in [3.05, 3.63) is 65.1 Å². The van der Waals surface area contributed by atoms with E-state index in [1.807, 2.05) is 30.3 Å². The Hall–Kier alpha value is -2.86. The molecule has 0 saturated heterocycles. The smallest absolute Gasteiger partial charge is 0.265 e. The molecule has 3 rings (SSSR count). The van der Waals surface area contributed by atoms with E-state index in [2.05, 4.69) is 10.5 Å². The summed E-state index contributed by atoms with van der Waals surface area (Å²) in [5, 5.41) is 6.78. The summed E-state index contributed by atoms with van der Waals surface area (Å²) in [7, 11) is 0. The predicted molar refractivity (Wildman–Crippen MR) is 96.8 cm³/mol. The number of hydrogen-bond donors (Lipinski definition) is 1. The maximum atomic E-state index is 13.1. The van der Waals surface area contributed by atoms with E-state index in [0.717, 1.165) is 11.6 Å². The van der Waals surface area contributed by atoms with Crippen LogP contribution in [0.5, 0.6) is 5.75 Å². The first-order valence-corrected chi connectivity index (χ1v) is 8.27. The Morgan fingerprint density at radius 2 is 2.00 bits per heavy atom. The molecule has 0 saturated carbocycles. The molecule has 1 aromatic heterocycles. The van der Waals surface area contributed by atoms with Gasteiger partial charge in [-0.2, -0.15) is 0 Å². The van der Waals surface area contributed by atoms with Gasteiger partial charge < -0.3 is 14.6 Å². The Bertz CT molecular complexity index is 928. The second-order valence-corrected chi connectivity index (χ2v) is 6.07. The van der Waals surface area contributed by atoms with Gasteiger partial charge in [0.05, 0.1) is 5.02 Å². The molecule has 0 fully saturated rings. The zero-order valence-corrected chi connectivity index (χ0v) is 14.9. The quantitative estimate of drug-likeness (QED) is 0.693. The Morgan fingerprint density at radius 1 is 1.27 bits per heavy atom. The van der Waals surface area contributed by atoms with Gasteiger partial charge >= 0.3 is 0 Å². The summed E-state index contributed by atoms with van der Waals surface area (Å²) < 4.78 is 24.0. The second-order valence-electron chi connectivity index (χ2n) is 5.66. The van der Waals surface area contributed by atoms with Crippen molar-refractivity contribution in [1.82, 2.24) is 5.16 Å². The average molecular weight is 375 g/mol. The third-order valence-electron chi connectivity index (χ3n) is 3.71. The predicted octanol–water partition coefficient (Wildman–Crippen LogP) is 4.85. The molecule has 26 heavy (non-hydrogen) atoms. The van der Waals surface area contributed by atoms with Gasteiger partial charge in [-0.25, -0.2) is 4.39 Å². The molecule has 0 unspecified atom stereocenters. The third-order valence-corrected chi connectivity index (χ3v) is 4.01. The number of benzene rings is 2. The molecular weight excluding hydrogens is 359 g/mol. The average Bonchev–Trinajstić information content (AvgIpc) is 2.98. The molecule has 1 amide bonds. The summed E-state index contributed by atoms with van der Waals surface area (Å²) in [4.78, 5) is 12.5. The molecule has 134 valence electrons. The van der Waals surface area contributed by atoms with E-state index < -0.39 is 17.8 Å². The number of nitrogens with zero attached hydrogens (tertiary/aromatic N) is 1. The van der Waals surface area contributed by atoms with E-state index in [1.54, 1.807) is 13.8 Å². The number of aryl methyl sites for hydroxylation is 1. The van der Waals surface area contributed by atoms with Crippen molar-refractivity contribution in [1.29, 1.82) is 0 Å². The van der Waals surface area contributed by atoms with Gasteiger partial charge in [0.1, 0.15) is 22.9 Å². The number of aromatic nitrogens is 1. The lowest BCUT2D eigenvalue weighted by molar-refractivity contribution is -0.122. The van der Waals surface area contributed by atoms with Crippen molar-refractivity contribution in [3.63, 3.8) is 0 Å². The summed E-state index contributed by atoms with van der Waals surface area (Å²) in [5.41, 5.74) is 1.81. The summed E-state index contributed by atoms with van der Waals surface area (Å²) in [5.74, 6) is -0.203. The van der Waals surface area contributed by atoms with E-state index in [9.17, 15) is 9.18 Å². The summed E-state index contributed by atoms with van der Waals surface area (Å²) >= 11 is 5.93. The van der Waals surface area contributed by atoms with Gasteiger partial charge in [0, 0.05) is 5.56 Å². The van der Waals surface area contributed by atoms with Crippen molar-refractivity contribution in [2.45, 2.75) is 20.0 Å². The highest BCUT2D eigenvalue weighted by Gasteiger charge is 2.22. The maximum Gasteiger partial charge on any atom is 0.265 e. The first kappa shape index (κ1) is 17.9. The van der Waals surface area contributed by atoms with Crippen LogP contribution < -0.4 is 10.1 Å². The SMILES string of the molecule is Cc1noc(-c2ccccc2)c1NC(=O)[C@@H](C)Oc1ccc(F)cc1Cl. The van der Waals surface area contributed by atoms with Gasteiger partial charge in [0.2, 0.25) is 0 Å². The third kappa shape index (κ3) is 3.86. The molecule has 1 heterocycles. The molecule has 0 aliphatic carbocycles. The fourth-order valence-electron chi connectivity index (χ4n) is 2.34. The summed E-state index contributed by atoms with van der Waals surface area (Å²) in [6.07, 6.45) is -0.865. The van der Waals surface area contributed by atoms with Gasteiger partial charge in [0.25, 0.3) is 5.91 Å². The van der Waals surface area contributed by atoms with Gasteiger partial charge in [0.15, 0.2) is 11.9 Å². The lowest BCUT2D eigenvalue weighted by Gasteiger charge is -2.15. The van der Waals surface area contributed by atoms with Crippen LogP contribution >= 0.6 is 11.6 Å². The lowest BCUT2D eigenvalue weighted by Crippen LogP contribution is -2.30. The Morgan fingerprint density at radius 3 is 2.69 bits per heavy atom. The van der Waals surface area contributed by atoms with Crippen LogP contribution in [0, 0.1) is 12.7 Å². The van der Waals surface area contributed by atoms with Crippen molar-refractivity contribution in [2.75, 3.05) is 5.32 Å². The molecule has 0 radical (unpaired) electrons. The van der Waals surface area contributed by atoms with Crippen LogP contribution in [0.4, 0.5) is 10.1 Å². The number of nitrogens with one attached hydrogen (secondary N) is 1. The highest BCUT2D eigenvalue weighted by molar-refractivity contribution is 6.32. The first-order chi connectivity index (χ1) is 12.5. The number of rotatable bonds is 5. The van der Waals surface area contributed by atoms with Crippen molar-refractivity contribution in [3.8, 4) is 17.1 Å². The standard InChI is InChI=1S/C19H16ClFN2O3/c1-11-17(18(26-23-11)13-6-4-3-5-7-13)22-19(24)12(2)25-16-9-8-14(21)10-15(16)20/h3-10,12H,1-2H3,(H,22,24)/t12-/m1/s1. The van der Waals surface area contributed by atoms with Crippen LogP contribution in [-0.2, 0) is 4.79 Å². The van der Waals surface area contributed by atoms with Gasteiger partial charge in [-0.1, -0.05) is 47.1 Å². The van der Waals surface area contributed by atoms with E-state index in [-0.39, 0.29) is 10.8 Å². The molecule has 0 bridgehead atoms. The van der Waals surface area contributed by atoms with Crippen molar-refractivity contribution in [2.24, 2.45) is 0 Å². The zero-order valence-electron chi connectivity index (χ0n) is 14.1. The minimum atomic E-state index is -0.865. The van der Waals surface area contributed by atoms with Crippen molar-refractivity contribution >= 4 is 23.2 Å². The first-order valence-electron chi connectivity index (χ1n) is 7.90. The molecule has 5 nitrogen and oxygen atoms in total. The highest BCUT2D eigenvalue weighted by atomic mass is 35.5. The number of halogens is 2. The maximum absolute atomic E-state index is 13.1. The largest absolute Gasteiger partial charge is 0.479 e. The molecule has 2 aromatic carbocycles. The Kier molecular flexibility index (Phi) is 5.23. The van der Waals surface area contributed by atoms with Crippen LogP contribution in [0.25, 0.3) is 11.3 Å². The molecule has 7 heteroatoms. The van der Waals surface area contributed by atoms with Crippen LogP contribution in [0.1, 0.15) is 12.6 Å². The number of ether oxygens (including phenoxy) is 1. The summed E-state index contributed by atoms with van der Waals surface area (Å²) in [6.45, 7) is 3.30. The minimum absolute atomic E-state index is 0.0933. The monoisotopic (exact) mass is 374 g/mol. The fraction of sp³-hybridized carbons (Fsp3) is 0.158. The normalized spacial score (nSPS) is 11.8. The van der Waals surface area contributed by atoms with Crippen LogP contribution in [0.15, 0.2) is 53.1 Å². The van der Waals surface area contributed by atoms with E-state index in [1.165, 1.54) is 12.1 Å². The molecule has 1 N–H and O–H groups in total. The zero-order chi connectivity index (χ0) is 18.7. The van der Waals surface area contributed by atoms with Crippen LogP contribution in [0.2, 0.25) is 5.02 Å². The van der Waals surface area contributed by atoms with E-state index in [4.69, 9.17) is 20.9 Å². The topological polar surface area (TPSA) is 64.4 Å². The number of hydrogen-bond acceptors (Lipinski definition) is 4. The number of carbonyl (C=O) groups is 1. The van der Waals surface area contributed by atoms with E-state index in [0.29, 0.717) is 17.1 Å². The van der Waals surface area contributed by atoms with Crippen LogP contribution in [-0.4, -0.2) is 17.2 Å². The van der Waals surface area contributed by atoms with Crippen LogP contribution in [0.3, 0.4) is 0 Å². The molecular formula is C19H16ClFN2O3. The molecule has 3 aromatic rings. The molecule has 1 atom stereocenters. The molecule has 0 spiro atoms. The number of carbonyl (C=O) groups excluding carboxylic acids is 1. The Balaban J connectivity index is 1.77. The van der Waals surface area contributed by atoms with Crippen molar-refractivity contribution < 1.29 is 18.4 Å². The fourth-order valence-corrected chi connectivity index (χ4v) is 2.55. The molecule has 0 aliphatic rings. The van der Waals surface area contributed by atoms with Gasteiger partial charge in [-0.05, 0) is 32.0 Å². The molecule has 0 aliphatic heterocycles. The number of anilines is 1. The minimum Gasteiger partial charge on any atom is -0.479 e. The summed E-state index contributed by atoms with van der Waals surface area (Å²) in [6, 6.07) is 13.0.